The molecule has 0 bridgehead atoms. The first-order valence-electron chi connectivity index (χ1n) is 5.28. The molecule has 0 aliphatic carbocycles. The van der Waals surface area contributed by atoms with E-state index in [-0.39, 0.29) is 11.8 Å². The number of amides is 1. The van der Waals surface area contributed by atoms with Gasteiger partial charge in [0.1, 0.15) is 0 Å². The molecule has 0 saturated heterocycles. The first-order chi connectivity index (χ1) is 7.79. The molecule has 0 spiro atoms. The van der Waals surface area contributed by atoms with Crippen molar-refractivity contribution < 1.29 is 4.79 Å². The number of pyridine rings is 1. The zero-order chi connectivity index (χ0) is 11.8. The molecule has 0 aliphatic rings. The maximum absolute atomic E-state index is 11.9. The van der Waals surface area contributed by atoms with E-state index in [1.807, 2.05) is 12.1 Å². The van der Waals surface area contributed by atoms with Gasteiger partial charge in [0.05, 0.1) is 5.92 Å². The van der Waals surface area contributed by atoms with Crippen LogP contribution in [0, 0.1) is 0 Å². The van der Waals surface area contributed by atoms with Crippen molar-refractivity contribution in [1.29, 1.82) is 0 Å². The third-order valence-electron chi connectivity index (χ3n) is 2.28. The van der Waals surface area contributed by atoms with E-state index in [0.717, 1.165) is 5.56 Å². The second-order valence-corrected chi connectivity index (χ2v) is 3.45. The summed E-state index contributed by atoms with van der Waals surface area (Å²) < 4.78 is 0. The van der Waals surface area contributed by atoms with Crippen LogP contribution < -0.4 is 11.1 Å². The number of nitrogens with one attached hydrogen (secondary N) is 1. The summed E-state index contributed by atoms with van der Waals surface area (Å²) >= 11 is 0. The van der Waals surface area contributed by atoms with Gasteiger partial charge in [-0.3, -0.25) is 9.78 Å². The molecule has 1 unspecified atom stereocenters. The molecular formula is C12H17N3O. The van der Waals surface area contributed by atoms with Crippen molar-refractivity contribution >= 4 is 5.91 Å². The van der Waals surface area contributed by atoms with E-state index < -0.39 is 0 Å². The molecule has 86 valence electrons. The Kier molecular flexibility index (Phi) is 5.22. The summed E-state index contributed by atoms with van der Waals surface area (Å²) in [4.78, 5) is 15.9. The number of rotatable bonds is 6. The highest BCUT2D eigenvalue weighted by Crippen LogP contribution is 2.17. The zero-order valence-electron chi connectivity index (χ0n) is 9.23. The van der Waals surface area contributed by atoms with Gasteiger partial charge in [-0.25, -0.2) is 0 Å². The largest absolute Gasteiger partial charge is 0.352 e. The minimum absolute atomic E-state index is 0.0293. The van der Waals surface area contributed by atoms with Crippen LogP contribution in [-0.4, -0.2) is 24.0 Å². The van der Waals surface area contributed by atoms with Gasteiger partial charge in [0.25, 0.3) is 0 Å². The summed E-state index contributed by atoms with van der Waals surface area (Å²) in [6.07, 6.45) is 5.66. The third-order valence-corrected chi connectivity index (χ3v) is 2.28. The molecule has 1 amide bonds. The molecule has 0 aliphatic heterocycles. The van der Waals surface area contributed by atoms with Gasteiger partial charge in [-0.2, -0.15) is 0 Å². The highest BCUT2D eigenvalue weighted by molar-refractivity contribution is 5.83. The predicted molar refractivity (Wildman–Crippen MR) is 63.9 cm³/mol. The molecule has 1 atom stereocenters. The SMILES string of the molecule is C=CCNC(=O)C(CCN)c1cccnc1. The fourth-order valence-corrected chi connectivity index (χ4v) is 1.49. The summed E-state index contributed by atoms with van der Waals surface area (Å²) in [7, 11) is 0. The minimum Gasteiger partial charge on any atom is -0.352 e. The quantitative estimate of drug-likeness (QED) is 0.696. The van der Waals surface area contributed by atoms with E-state index in [0.29, 0.717) is 19.5 Å². The minimum atomic E-state index is -0.223. The van der Waals surface area contributed by atoms with Crippen LogP contribution >= 0.6 is 0 Å². The summed E-state index contributed by atoms with van der Waals surface area (Å²) in [6.45, 7) is 4.50. The molecule has 1 rings (SSSR count). The van der Waals surface area contributed by atoms with E-state index in [9.17, 15) is 4.79 Å². The fourth-order valence-electron chi connectivity index (χ4n) is 1.49. The second-order valence-electron chi connectivity index (χ2n) is 3.45. The van der Waals surface area contributed by atoms with Crippen LogP contribution in [-0.2, 0) is 4.79 Å². The molecule has 16 heavy (non-hydrogen) atoms. The Morgan fingerprint density at radius 3 is 3.06 bits per heavy atom. The van der Waals surface area contributed by atoms with Gasteiger partial charge in [0.2, 0.25) is 5.91 Å². The van der Waals surface area contributed by atoms with E-state index >= 15 is 0 Å². The van der Waals surface area contributed by atoms with Crippen LogP contribution in [0.1, 0.15) is 17.9 Å². The maximum atomic E-state index is 11.9. The molecular weight excluding hydrogens is 202 g/mol. The van der Waals surface area contributed by atoms with E-state index in [2.05, 4.69) is 16.9 Å². The Labute approximate surface area is 95.6 Å². The Bertz CT molecular complexity index is 337. The number of carbonyl (C=O) groups is 1. The Morgan fingerprint density at radius 2 is 2.50 bits per heavy atom. The van der Waals surface area contributed by atoms with Crippen LogP contribution in [0.5, 0.6) is 0 Å². The topological polar surface area (TPSA) is 68.0 Å². The number of hydrogen-bond acceptors (Lipinski definition) is 3. The van der Waals surface area contributed by atoms with Crippen LogP contribution in [0.4, 0.5) is 0 Å². The average Bonchev–Trinajstić information content (AvgIpc) is 2.34. The lowest BCUT2D eigenvalue weighted by molar-refractivity contribution is -0.122. The lowest BCUT2D eigenvalue weighted by atomic mass is 9.96. The first kappa shape index (κ1) is 12.4. The summed E-state index contributed by atoms with van der Waals surface area (Å²) in [5, 5.41) is 2.78. The summed E-state index contributed by atoms with van der Waals surface area (Å²) in [5.41, 5.74) is 6.41. The highest BCUT2D eigenvalue weighted by Gasteiger charge is 2.18. The Hall–Kier alpha value is -1.68. The predicted octanol–water partition coefficient (Wildman–Crippen LogP) is 0.816. The van der Waals surface area contributed by atoms with E-state index in [4.69, 9.17) is 5.73 Å². The van der Waals surface area contributed by atoms with Crippen molar-refractivity contribution in [1.82, 2.24) is 10.3 Å². The molecule has 0 fully saturated rings. The fraction of sp³-hybridized carbons (Fsp3) is 0.333. The Morgan fingerprint density at radius 1 is 1.69 bits per heavy atom. The van der Waals surface area contributed by atoms with Crippen molar-refractivity contribution in [2.24, 2.45) is 5.73 Å². The van der Waals surface area contributed by atoms with Crippen LogP contribution in [0.25, 0.3) is 0 Å². The van der Waals surface area contributed by atoms with E-state index in [1.165, 1.54) is 0 Å². The number of hydrogen-bond donors (Lipinski definition) is 2. The molecule has 0 aromatic carbocycles. The second kappa shape index (κ2) is 6.74. The number of nitrogens with zero attached hydrogens (tertiary/aromatic N) is 1. The number of nitrogens with two attached hydrogens (primary N) is 1. The molecule has 4 heteroatoms. The van der Waals surface area contributed by atoms with Gasteiger partial charge in [-0.1, -0.05) is 12.1 Å². The van der Waals surface area contributed by atoms with Gasteiger partial charge in [-0.05, 0) is 24.6 Å². The molecule has 1 aromatic rings. The first-order valence-corrected chi connectivity index (χ1v) is 5.28. The summed E-state index contributed by atoms with van der Waals surface area (Å²) in [5.74, 6) is -0.253. The molecule has 3 N–H and O–H groups in total. The summed E-state index contributed by atoms with van der Waals surface area (Å²) in [6, 6.07) is 3.71. The van der Waals surface area contributed by atoms with Gasteiger partial charge < -0.3 is 11.1 Å². The monoisotopic (exact) mass is 219 g/mol. The lowest BCUT2D eigenvalue weighted by Crippen LogP contribution is -2.30. The van der Waals surface area contributed by atoms with Crippen LogP contribution in [0.3, 0.4) is 0 Å². The maximum Gasteiger partial charge on any atom is 0.227 e. The lowest BCUT2D eigenvalue weighted by Gasteiger charge is -2.15. The van der Waals surface area contributed by atoms with Gasteiger partial charge in [-0.15, -0.1) is 6.58 Å². The van der Waals surface area contributed by atoms with Crippen molar-refractivity contribution in [2.75, 3.05) is 13.1 Å². The Balaban J connectivity index is 2.74. The van der Waals surface area contributed by atoms with E-state index in [1.54, 1.807) is 18.5 Å². The molecule has 0 saturated carbocycles. The zero-order valence-corrected chi connectivity index (χ0v) is 9.23. The standard InChI is InChI=1S/C12H17N3O/c1-2-7-15-12(16)11(5-6-13)10-4-3-8-14-9-10/h2-4,8-9,11H,1,5-7,13H2,(H,15,16). The number of aromatic nitrogens is 1. The number of carbonyl (C=O) groups excluding carboxylic acids is 1. The van der Waals surface area contributed by atoms with Gasteiger partial charge in [0.15, 0.2) is 0 Å². The average molecular weight is 219 g/mol. The molecule has 4 nitrogen and oxygen atoms in total. The molecule has 0 radical (unpaired) electrons. The van der Waals surface area contributed by atoms with Gasteiger partial charge >= 0.3 is 0 Å². The van der Waals surface area contributed by atoms with Crippen molar-refractivity contribution in [3.63, 3.8) is 0 Å². The van der Waals surface area contributed by atoms with Crippen LogP contribution in [0.15, 0.2) is 37.2 Å². The molecule has 1 aromatic heterocycles. The molecule has 1 heterocycles. The van der Waals surface area contributed by atoms with Gasteiger partial charge in [0, 0.05) is 18.9 Å². The van der Waals surface area contributed by atoms with Crippen molar-refractivity contribution in [3.8, 4) is 0 Å². The highest BCUT2D eigenvalue weighted by atomic mass is 16.1. The van der Waals surface area contributed by atoms with Crippen molar-refractivity contribution in [2.45, 2.75) is 12.3 Å². The third kappa shape index (κ3) is 3.47. The van der Waals surface area contributed by atoms with Crippen molar-refractivity contribution in [3.05, 3.63) is 42.7 Å². The normalized spacial score (nSPS) is 11.8. The smallest absolute Gasteiger partial charge is 0.227 e. The van der Waals surface area contributed by atoms with Crippen LogP contribution in [0.2, 0.25) is 0 Å².